The lowest BCUT2D eigenvalue weighted by Crippen LogP contribution is -2.52. The van der Waals surface area contributed by atoms with Gasteiger partial charge in [0.05, 0.1) is 0 Å². The van der Waals surface area contributed by atoms with Gasteiger partial charge in [-0.25, -0.2) is 0 Å². The quantitative estimate of drug-likeness (QED) is 0.863. The molecule has 3 nitrogen and oxygen atoms in total. The largest absolute Gasteiger partial charge is 0.338 e. The molecule has 0 bridgehead atoms. The van der Waals surface area contributed by atoms with Crippen LogP contribution in [0.25, 0.3) is 0 Å². The molecule has 3 rings (SSSR count). The summed E-state index contributed by atoms with van der Waals surface area (Å²) < 4.78 is 0. The molecule has 1 aromatic carbocycles. The lowest BCUT2D eigenvalue weighted by atomic mass is 9.74. The van der Waals surface area contributed by atoms with E-state index in [4.69, 9.17) is 11.6 Å². The number of nitrogens with zero attached hydrogens (tertiary/aromatic N) is 1. The lowest BCUT2D eigenvalue weighted by molar-refractivity contribution is 0.0434. The Balaban J connectivity index is 1.73. The Morgan fingerprint density at radius 2 is 1.95 bits per heavy atom. The predicted octanol–water partition coefficient (Wildman–Crippen LogP) is 2.95. The molecule has 108 valence electrons. The molecule has 0 aliphatic carbocycles. The molecular formula is C16H21ClN2O. The number of carbonyl (C=O) groups is 1. The third-order valence-corrected chi connectivity index (χ3v) is 4.85. The molecule has 2 saturated heterocycles. The maximum Gasteiger partial charge on any atom is 0.253 e. The molecule has 1 N–H and O–H groups in total. The Bertz CT molecular complexity index is 474. The first kappa shape index (κ1) is 13.9. The number of likely N-dealkylation sites (tertiary alicyclic amines) is 1. The van der Waals surface area contributed by atoms with Gasteiger partial charge in [0.15, 0.2) is 0 Å². The van der Waals surface area contributed by atoms with Crippen molar-refractivity contribution in [3.8, 4) is 0 Å². The van der Waals surface area contributed by atoms with Crippen LogP contribution in [-0.4, -0.2) is 37.0 Å². The van der Waals surface area contributed by atoms with E-state index < -0.39 is 0 Å². The van der Waals surface area contributed by atoms with E-state index in [9.17, 15) is 4.79 Å². The number of hydrogen-bond acceptors (Lipinski definition) is 2. The molecule has 20 heavy (non-hydrogen) atoms. The molecule has 2 aliphatic rings. The van der Waals surface area contributed by atoms with Gasteiger partial charge >= 0.3 is 0 Å². The molecule has 2 fully saturated rings. The van der Waals surface area contributed by atoms with Crippen molar-refractivity contribution in [2.75, 3.05) is 26.2 Å². The minimum Gasteiger partial charge on any atom is -0.338 e. The molecule has 2 aliphatic heterocycles. The molecule has 2 heterocycles. The molecule has 1 aromatic rings. The fourth-order valence-corrected chi connectivity index (χ4v) is 3.66. The third kappa shape index (κ3) is 2.84. The SMILES string of the molecule is O=C(c1ccc(Cl)cc1)N1CCCC2(CCCNC2)C1. The number of rotatable bonds is 1. The van der Waals surface area contributed by atoms with Crippen molar-refractivity contribution in [3.63, 3.8) is 0 Å². The van der Waals surface area contributed by atoms with Crippen molar-refractivity contribution < 1.29 is 4.79 Å². The summed E-state index contributed by atoms with van der Waals surface area (Å²) in [6.07, 6.45) is 4.82. The summed E-state index contributed by atoms with van der Waals surface area (Å²) in [4.78, 5) is 14.6. The summed E-state index contributed by atoms with van der Waals surface area (Å²) in [5.74, 6) is 0.145. The van der Waals surface area contributed by atoms with Crippen LogP contribution in [-0.2, 0) is 0 Å². The van der Waals surface area contributed by atoms with Crippen LogP contribution in [0.1, 0.15) is 36.0 Å². The number of nitrogens with one attached hydrogen (secondary N) is 1. The normalized spacial score (nSPS) is 26.8. The predicted molar refractivity (Wildman–Crippen MR) is 81.1 cm³/mol. The van der Waals surface area contributed by atoms with Gasteiger partial charge < -0.3 is 10.2 Å². The highest BCUT2D eigenvalue weighted by Crippen LogP contribution is 2.36. The summed E-state index contributed by atoms with van der Waals surface area (Å²) >= 11 is 5.89. The molecule has 1 atom stereocenters. The minimum absolute atomic E-state index is 0.145. The minimum atomic E-state index is 0.145. The number of piperidine rings is 2. The van der Waals surface area contributed by atoms with Crippen LogP contribution in [0.2, 0.25) is 5.02 Å². The summed E-state index contributed by atoms with van der Waals surface area (Å²) in [6.45, 7) is 3.94. The molecule has 4 heteroatoms. The zero-order valence-corrected chi connectivity index (χ0v) is 12.5. The number of halogens is 1. The van der Waals surface area contributed by atoms with Crippen molar-refractivity contribution in [1.82, 2.24) is 10.2 Å². The van der Waals surface area contributed by atoms with Crippen LogP contribution in [0.5, 0.6) is 0 Å². The van der Waals surface area contributed by atoms with Crippen LogP contribution in [0.15, 0.2) is 24.3 Å². The fourth-order valence-electron chi connectivity index (χ4n) is 3.53. The Morgan fingerprint density at radius 3 is 2.65 bits per heavy atom. The van der Waals surface area contributed by atoms with Crippen molar-refractivity contribution in [2.45, 2.75) is 25.7 Å². The van der Waals surface area contributed by atoms with E-state index in [1.807, 2.05) is 17.0 Å². The Hall–Kier alpha value is -1.06. The van der Waals surface area contributed by atoms with Crippen LogP contribution < -0.4 is 5.32 Å². The second-order valence-electron chi connectivity index (χ2n) is 6.12. The maximum atomic E-state index is 12.6. The molecular weight excluding hydrogens is 272 g/mol. The number of hydrogen-bond donors (Lipinski definition) is 1. The van der Waals surface area contributed by atoms with E-state index in [1.54, 1.807) is 12.1 Å². The van der Waals surface area contributed by atoms with E-state index in [1.165, 1.54) is 19.3 Å². The zero-order valence-electron chi connectivity index (χ0n) is 11.7. The standard InChI is InChI=1S/C16H21ClN2O/c17-14-5-3-13(4-6-14)15(20)19-10-2-8-16(12-19)7-1-9-18-11-16/h3-6,18H,1-2,7-12H2. The van der Waals surface area contributed by atoms with Crippen LogP contribution in [0.3, 0.4) is 0 Å². The molecule has 1 unspecified atom stereocenters. The van der Waals surface area contributed by atoms with Crippen molar-refractivity contribution in [1.29, 1.82) is 0 Å². The topological polar surface area (TPSA) is 32.3 Å². The second kappa shape index (κ2) is 5.74. The van der Waals surface area contributed by atoms with Gasteiger partial charge in [-0.3, -0.25) is 4.79 Å². The van der Waals surface area contributed by atoms with Crippen LogP contribution in [0, 0.1) is 5.41 Å². The van der Waals surface area contributed by atoms with E-state index >= 15 is 0 Å². The average Bonchev–Trinajstić information content (AvgIpc) is 2.48. The summed E-state index contributed by atoms with van der Waals surface area (Å²) in [5, 5.41) is 4.17. The van der Waals surface area contributed by atoms with Crippen molar-refractivity contribution >= 4 is 17.5 Å². The molecule has 0 radical (unpaired) electrons. The molecule has 1 amide bonds. The van der Waals surface area contributed by atoms with Gasteiger partial charge in [0.2, 0.25) is 0 Å². The van der Waals surface area contributed by atoms with Gasteiger partial charge in [0, 0.05) is 35.6 Å². The summed E-state index contributed by atoms with van der Waals surface area (Å²) in [7, 11) is 0. The average molecular weight is 293 g/mol. The van der Waals surface area contributed by atoms with Crippen molar-refractivity contribution in [2.24, 2.45) is 5.41 Å². The molecule has 1 spiro atoms. The fraction of sp³-hybridized carbons (Fsp3) is 0.562. The highest BCUT2D eigenvalue weighted by atomic mass is 35.5. The Kier molecular flexibility index (Phi) is 3.99. The number of benzene rings is 1. The zero-order chi connectivity index (χ0) is 14.0. The first-order chi connectivity index (χ1) is 9.69. The lowest BCUT2D eigenvalue weighted by Gasteiger charge is -2.45. The van der Waals surface area contributed by atoms with E-state index in [0.29, 0.717) is 10.4 Å². The van der Waals surface area contributed by atoms with Gasteiger partial charge in [0.25, 0.3) is 5.91 Å². The molecule has 0 saturated carbocycles. The van der Waals surface area contributed by atoms with Gasteiger partial charge in [-0.1, -0.05) is 11.6 Å². The monoisotopic (exact) mass is 292 g/mol. The highest BCUT2D eigenvalue weighted by Gasteiger charge is 2.38. The van der Waals surface area contributed by atoms with E-state index in [0.717, 1.165) is 38.2 Å². The first-order valence-corrected chi connectivity index (χ1v) is 7.82. The van der Waals surface area contributed by atoms with Crippen molar-refractivity contribution in [3.05, 3.63) is 34.9 Å². The Morgan fingerprint density at radius 1 is 1.20 bits per heavy atom. The Labute approximate surface area is 125 Å². The number of carbonyl (C=O) groups excluding carboxylic acids is 1. The van der Waals surface area contributed by atoms with Crippen LogP contribution in [0.4, 0.5) is 0 Å². The smallest absolute Gasteiger partial charge is 0.253 e. The maximum absolute atomic E-state index is 12.6. The third-order valence-electron chi connectivity index (χ3n) is 4.60. The van der Waals surface area contributed by atoms with E-state index in [2.05, 4.69) is 5.32 Å². The van der Waals surface area contributed by atoms with Gasteiger partial charge in [0.1, 0.15) is 0 Å². The second-order valence-corrected chi connectivity index (χ2v) is 6.55. The van der Waals surface area contributed by atoms with E-state index in [-0.39, 0.29) is 5.91 Å². The van der Waals surface area contributed by atoms with Gasteiger partial charge in [-0.05, 0) is 56.5 Å². The van der Waals surface area contributed by atoms with Gasteiger partial charge in [-0.15, -0.1) is 0 Å². The summed E-state index contributed by atoms with van der Waals surface area (Å²) in [5.41, 5.74) is 1.05. The highest BCUT2D eigenvalue weighted by molar-refractivity contribution is 6.30. The van der Waals surface area contributed by atoms with Crippen LogP contribution >= 0.6 is 11.6 Å². The molecule has 0 aromatic heterocycles. The number of amides is 1. The summed E-state index contributed by atoms with van der Waals surface area (Å²) in [6, 6.07) is 7.23. The first-order valence-electron chi connectivity index (χ1n) is 7.44. The van der Waals surface area contributed by atoms with Gasteiger partial charge in [-0.2, -0.15) is 0 Å².